The van der Waals surface area contributed by atoms with Crippen LogP contribution in [0.2, 0.25) is 0 Å². The van der Waals surface area contributed by atoms with E-state index in [0.717, 1.165) is 40.6 Å². The first kappa shape index (κ1) is 17.8. The molecule has 0 N–H and O–H groups in total. The quantitative estimate of drug-likeness (QED) is 0.541. The van der Waals surface area contributed by atoms with E-state index >= 15 is 0 Å². The summed E-state index contributed by atoms with van der Waals surface area (Å²) in [4.78, 5) is 18.2. The third kappa shape index (κ3) is 2.92. The number of nitrogens with zero attached hydrogens (tertiary/aromatic N) is 3. The van der Waals surface area contributed by atoms with Gasteiger partial charge in [0.2, 0.25) is 0 Å². The first-order chi connectivity index (χ1) is 12.4. The van der Waals surface area contributed by atoms with Crippen molar-refractivity contribution in [3.8, 4) is 0 Å². The number of thioether (sulfide) groups is 1. The van der Waals surface area contributed by atoms with Crippen molar-refractivity contribution in [3.05, 3.63) is 33.9 Å². The van der Waals surface area contributed by atoms with E-state index in [-0.39, 0.29) is 10.6 Å². The largest absolute Gasteiger partial charge is 0.344 e. The van der Waals surface area contributed by atoms with Crippen molar-refractivity contribution in [3.63, 3.8) is 0 Å². The fourth-order valence-electron chi connectivity index (χ4n) is 5.16. The average Bonchev–Trinajstić information content (AvgIpc) is 3.26. The van der Waals surface area contributed by atoms with Gasteiger partial charge in [-0.15, -0.1) is 0 Å². The zero-order chi connectivity index (χ0) is 18.5. The minimum absolute atomic E-state index is 0.133. The summed E-state index contributed by atoms with van der Waals surface area (Å²) in [7, 11) is 0. The van der Waals surface area contributed by atoms with Crippen molar-refractivity contribution in [1.29, 1.82) is 0 Å². The maximum atomic E-state index is 11.0. The molecule has 1 aliphatic heterocycles. The van der Waals surface area contributed by atoms with Crippen molar-refractivity contribution in [1.82, 2.24) is 4.90 Å². The Labute approximate surface area is 159 Å². The van der Waals surface area contributed by atoms with Crippen LogP contribution in [0.4, 0.5) is 11.4 Å². The molecule has 0 aromatic heterocycles. The van der Waals surface area contributed by atoms with E-state index in [9.17, 15) is 10.1 Å². The van der Waals surface area contributed by atoms with Gasteiger partial charge in [-0.05, 0) is 62.0 Å². The summed E-state index contributed by atoms with van der Waals surface area (Å²) in [6.45, 7) is 7.50. The Morgan fingerprint density at radius 1 is 1.42 bits per heavy atom. The fraction of sp³-hybridized carbons (Fsp3) is 0.650. The Kier molecular flexibility index (Phi) is 4.49. The van der Waals surface area contributed by atoms with E-state index in [0.29, 0.717) is 11.5 Å². The van der Waals surface area contributed by atoms with Crippen molar-refractivity contribution in [2.24, 2.45) is 22.7 Å². The van der Waals surface area contributed by atoms with Gasteiger partial charge in [-0.1, -0.05) is 25.6 Å². The molecule has 2 saturated carbocycles. The van der Waals surface area contributed by atoms with E-state index in [1.165, 1.54) is 25.7 Å². The fourth-order valence-corrected chi connectivity index (χ4v) is 6.62. The number of benzene rings is 1. The van der Waals surface area contributed by atoms with Gasteiger partial charge in [0.15, 0.2) is 5.17 Å². The molecule has 140 valence electrons. The zero-order valence-electron chi connectivity index (χ0n) is 15.8. The molecule has 1 aromatic rings. The van der Waals surface area contributed by atoms with Crippen molar-refractivity contribution < 1.29 is 4.92 Å². The first-order valence-corrected chi connectivity index (χ1v) is 10.6. The minimum Gasteiger partial charge on any atom is -0.344 e. The monoisotopic (exact) mass is 373 g/mol. The Balaban J connectivity index is 1.67. The normalized spacial score (nSPS) is 31.7. The molecule has 2 bridgehead atoms. The third-order valence-electron chi connectivity index (χ3n) is 6.32. The molecule has 4 rings (SSSR count). The van der Waals surface area contributed by atoms with E-state index in [4.69, 9.17) is 4.99 Å². The number of amidine groups is 1. The van der Waals surface area contributed by atoms with Crippen LogP contribution in [0.25, 0.3) is 0 Å². The van der Waals surface area contributed by atoms with Gasteiger partial charge in [0.1, 0.15) is 0 Å². The van der Waals surface area contributed by atoms with Gasteiger partial charge in [0.25, 0.3) is 5.69 Å². The lowest BCUT2D eigenvalue weighted by molar-refractivity contribution is -0.384. The summed E-state index contributed by atoms with van der Waals surface area (Å²) >= 11 is 1.88. The molecule has 0 amide bonds. The van der Waals surface area contributed by atoms with Crippen molar-refractivity contribution in [2.75, 3.05) is 12.3 Å². The van der Waals surface area contributed by atoms with Crippen molar-refractivity contribution >= 4 is 28.3 Å². The molecule has 3 aliphatic rings. The molecule has 1 heterocycles. The van der Waals surface area contributed by atoms with Crippen LogP contribution in [-0.4, -0.2) is 32.8 Å². The molecule has 1 aromatic carbocycles. The van der Waals surface area contributed by atoms with Crippen LogP contribution < -0.4 is 0 Å². The standard InChI is InChI=1S/C20H27N3O2S/c1-13(2)11-22-19(21-18-7-6-17(23(24)25)8-14(18)3)26-12-20(22)10-15-4-5-16(20)9-15/h6-8,13,15-16H,4-5,9-12H2,1-3H3. The molecule has 3 atom stereocenters. The summed E-state index contributed by atoms with van der Waals surface area (Å²) < 4.78 is 0. The topological polar surface area (TPSA) is 58.7 Å². The number of hydrogen-bond donors (Lipinski definition) is 0. The van der Waals surface area contributed by atoms with Gasteiger partial charge < -0.3 is 4.90 Å². The second-order valence-electron chi connectivity index (χ2n) is 8.60. The highest BCUT2D eigenvalue weighted by Crippen LogP contribution is 2.57. The van der Waals surface area contributed by atoms with Crippen LogP contribution in [0, 0.1) is 34.8 Å². The highest BCUT2D eigenvalue weighted by Gasteiger charge is 2.57. The Morgan fingerprint density at radius 2 is 2.23 bits per heavy atom. The SMILES string of the molecule is Cc1cc([N+](=O)[O-])ccc1N=C1SCC2(CC3CCC2C3)N1CC(C)C. The van der Waals surface area contributed by atoms with Crippen molar-refractivity contribution in [2.45, 2.75) is 52.0 Å². The maximum absolute atomic E-state index is 11.0. The summed E-state index contributed by atoms with van der Waals surface area (Å²) in [5.74, 6) is 3.44. The average molecular weight is 374 g/mol. The smallest absolute Gasteiger partial charge is 0.269 e. The van der Waals surface area contributed by atoms with Crippen LogP contribution in [0.5, 0.6) is 0 Å². The van der Waals surface area contributed by atoms with E-state index in [2.05, 4.69) is 18.7 Å². The zero-order valence-corrected chi connectivity index (χ0v) is 16.6. The first-order valence-electron chi connectivity index (χ1n) is 9.63. The lowest BCUT2D eigenvalue weighted by Crippen LogP contribution is -2.52. The molecular formula is C20H27N3O2S. The second-order valence-corrected chi connectivity index (χ2v) is 9.54. The number of aryl methyl sites for hydroxylation is 1. The lowest BCUT2D eigenvalue weighted by Gasteiger charge is -2.43. The Morgan fingerprint density at radius 3 is 2.81 bits per heavy atom. The number of nitro benzene ring substituents is 1. The number of non-ortho nitro benzene ring substituents is 1. The van der Waals surface area contributed by atoms with Gasteiger partial charge in [-0.2, -0.15) is 0 Å². The predicted octanol–water partition coefficient (Wildman–Crippen LogP) is 5.15. The highest BCUT2D eigenvalue weighted by atomic mass is 32.2. The molecule has 6 heteroatoms. The lowest BCUT2D eigenvalue weighted by atomic mass is 9.81. The minimum atomic E-state index is -0.344. The second kappa shape index (κ2) is 6.55. The van der Waals surface area contributed by atoms with Crippen LogP contribution in [0.15, 0.2) is 23.2 Å². The molecule has 2 aliphatic carbocycles. The molecule has 5 nitrogen and oxygen atoms in total. The van der Waals surface area contributed by atoms with Gasteiger partial charge in [-0.25, -0.2) is 4.99 Å². The molecular weight excluding hydrogens is 346 g/mol. The molecule has 3 fully saturated rings. The van der Waals surface area contributed by atoms with Crippen LogP contribution in [0.3, 0.4) is 0 Å². The van der Waals surface area contributed by atoms with Crippen LogP contribution in [-0.2, 0) is 0 Å². The molecule has 1 saturated heterocycles. The third-order valence-corrected chi connectivity index (χ3v) is 7.53. The van der Waals surface area contributed by atoms with E-state index < -0.39 is 0 Å². The maximum Gasteiger partial charge on any atom is 0.269 e. The number of aliphatic imine (C=N–C) groups is 1. The molecule has 0 radical (unpaired) electrons. The summed E-state index contributed by atoms with van der Waals surface area (Å²) in [6.07, 6.45) is 5.47. The predicted molar refractivity (Wildman–Crippen MR) is 107 cm³/mol. The number of fused-ring (bicyclic) bond motifs is 3. The summed E-state index contributed by atoms with van der Waals surface area (Å²) in [5, 5.41) is 12.1. The highest BCUT2D eigenvalue weighted by molar-refractivity contribution is 8.14. The molecule has 26 heavy (non-hydrogen) atoms. The molecule has 3 unspecified atom stereocenters. The molecule has 1 spiro atoms. The Bertz CT molecular complexity index is 763. The number of hydrogen-bond acceptors (Lipinski definition) is 4. The number of rotatable bonds is 4. The van der Waals surface area contributed by atoms with E-state index in [1.54, 1.807) is 18.2 Å². The Hall–Kier alpha value is -1.56. The van der Waals surface area contributed by atoms with Gasteiger partial charge in [0, 0.05) is 24.4 Å². The van der Waals surface area contributed by atoms with Crippen LogP contribution >= 0.6 is 11.8 Å². The number of nitro groups is 1. The van der Waals surface area contributed by atoms with E-state index in [1.807, 2.05) is 18.7 Å². The van der Waals surface area contributed by atoms with Gasteiger partial charge >= 0.3 is 0 Å². The summed E-state index contributed by atoms with van der Waals surface area (Å²) in [6, 6.07) is 4.98. The van der Waals surface area contributed by atoms with Crippen LogP contribution in [0.1, 0.15) is 45.1 Å². The van der Waals surface area contributed by atoms with Gasteiger partial charge in [0.05, 0.1) is 16.1 Å². The summed E-state index contributed by atoms with van der Waals surface area (Å²) in [5.41, 5.74) is 2.15. The van der Waals surface area contributed by atoms with Gasteiger partial charge in [-0.3, -0.25) is 10.1 Å².